The van der Waals surface area contributed by atoms with Gasteiger partial charge in [-0.1, -0.05) is 0 Å². The molecule has 0 atom stereocenters. The van der Waals surface area contributed by atoms with Crippen LogP contribution in [0.15, 0.2) is 85.7 Å². The van der Waals surface area contributed by atoms with Crippen molar-refractivity contribution in [2.45, 2.75) is 0 Å². The van der Waals surface area contributed by atoms with Gasteiger partial charge in [0, 0.05) is 37.2 Å². The molecular weight excluding hydrogens is 503 g/mol. The van der Waals surface area contributed by atoms with Crippen molar-refractivity contribution in [1.29, 1.82) is 0 Å². The topological polar surface area (TPSA) is 261 Å². The second kappa shape index (κ2) is 17.4. The molecule has 4 rings (SSSR count). The average Bonchev–Trinajstić information content (AvgIpc) is 2.81. The molecule has 0 fully saturated rings. The summed E-state index contributed by atoms with van der Waals surface area (Å²) >= 11 is 0. The third-order valence-corrected chi connectivity index (χ3v) is 3.97. The number of aromatic nitrogens is 4. The Balaban J connectivity index is -0.000000512. The van der Waals surface area contributed by atoms with Crippen LogP contribution in [0, 0.1) is 0 Å². The molecule has 4 aromatic heterocycles. The summed E-state index contributed by atoms with van der Waals surface area (Å²) in [6.07, 6.45) is 9.48. The van der Waals surface area contributed by atoms with E-state index in [0.717, 1.165) is 22.3 Å². The van der Waals surface area contributed by atoms with Crippen LogP contribution in [0.2, 0.25) is 0 Å². The number of hydrogen-bond acceptors (Lipinski definition) is 8. The van der Waals surface area contributed by atoms with Crippen molar-refractivity contribution < 1.29 is 58.8 Å². The van der Waals surface area contributed by atoms with Crippen molar-refractivity contribution in [3.05, 3.63) is 97.1 Å². The van der Waals surface area contributed by atoms with Crippen molar-refractivity contribution in [3.63, 3.8) is 0 Å². The van der Waals surface area contributed by atoms with E-state index < -0.39 is 11.9 Å². The predicted molar refractivity (Wildman–Crippen MR) is 121 cm³/mol. The van der Waals surface area contributed by atoms with Crippen molar-refractivity contribution in [2.75, 3.05) is 0 Å². The van der Waals surface area contributed by atoms with Crippen molar-refractivity contribution in [3.8, 4) is 22.3 Å². The normalized spacial score (nSPS) is 8.46. The molecule has 0 amide bonds. The second-order valence-electron chi connectivity index (χ2n) is 5.91. The maximum atomic E-state index is 10.6. The van der Waals surface area contributed by atoms with Crippen molar-refractivity contribution in [2.24, 2.45) is 0 Å². The van der Waals surface area contributed by atoms with Crippen LogP contribution in [0.25, 0.3) is 22.3 Å². The van der Waals surface area contributed by atoms with Crippen molar-refractivity contribution >= 4 is 11.9 Å². The largest absolute Gasteiger partial charge is 2.00 e. The molecule has 185 valence electrons. The molecule has 1 radical (unpaired) electrons. The molecule has 35 heavy (non-hydrogen) atoms. The van der Waals surface area contributed by atoms with Gasteiger partial charge in [0.25, 0.3) is 0 Å². The number of carboxylic acids is 2. The van der Waals surface area contributed by atoms with Gasteiger partial charge in [0.15, 0.2) is 0 Å². The van der Waals surface area contributed by atoms with Gasteiger partial charge in [-0.25, -0.2) is 0 Å². The Hall–Kier alpha value is -4.10. The first kappa shape index (κ1) is 35.5. The molecule has 0 aliphatic carbocycles. The third kappa shape index (κ3) is 10.1. The first-order valence-corrected chi connectivity index (χ1v) is 8.70. The predicted octanol–water partition coefficient (Wildman–Crippen LogP) is -2.48. The Kier molecular flexibility index (Phi) is 17.6. The number of aromatic carboxylic acids is 2. The Labute approximate surface area is 210 Å². The van der Waals surface area contributed by atoms with Crippen LogP contribution in [0.4, 0.5) is 0 Å². The molecule has 12 nitrogen and oxygen atoms in total. The second-order valence-corrected chi connectivity index (χ2v) is 5.91. The fraction of sp³-hybridized carbons (Fsp3) is 0. The van der Waals surface area contributed by atoms with Crippen LogP contribution in [0.3, 0.4) is 0 Å². The van der Waals surface area contributed by atoms with Crippen LogP contribution in [0.1, 0.15) is 21.0 Å². The minimum Gasteiger partial charge on any atom is -0.543 e. The quantitative estimate of drug-likeness (QED) is 0.202. The molecule has 10 N–H and O–H groups in total. The molecule has 4 aromatic rings. The Bertz CT molecular complexity index is 1080. The van der Waals surface area contributed by atoms with Crippen LogP contribution in [-0.2, 0) is 28.0 Å². The SMILES string of the molecule is O.O.O=C([O-])c1cc(-c2ccncc2)ccn1.O=C([O-])c1cc(-c2ccncc2)ccn1.[Mn+2].[OH3+].[OH3+]. The molecule has 0 spiro atoms. The molecule has 0 aliphatic heterocycles. The summed E-state index contributed by atoms with van der Waals surface area (Å²) in [6.45, 7) is 0. The van der Waals surface area contributed by atoms with E-state index in [1.54, 1.807) is 61.2 Å². The summed E-state index contributed by atoms with van der Waals surface area (Å²) in [4.78, 5) is 36.3. The molecule has 0 unspecified atom stereocenters. The zero-order valence-electron chi connectivity index (χ0n) is 18.0. The standard InChI is InChI=1S/2C11H8N2O2.Mn.4H2O/c2*14-11(15)10-7-9(3-6-13-10)8-1-4-12-5-2-8;;;;;/h2*1-7H,(H,14,15);;4*1H2/q;;+2;;;;. The number of carbonyl (C=O) groups excluding carboxylic acids is 2. The minimum absolute atomic E-state index is 0. The zero-order valence-corrected chi connectivity index (χ0v) is 19.2. The molecule has 0 aliphatic rings. The molecule has 0 aromatic carbocycles. The fourth-order valence-corrected chi connectivity index (χ4v) is 2.53. The van der Waals surface area contributed by atoms with E-state index in [9.17, 15) is 19.8 Å². The third-order valence-electron chi connectivity index (χ3n) is 3.97. The van der Waals surface area contributed by atoms with Gasteiger partial charge >= 0.3 is 17.1 Å². The van der Waals surface area contributed by atoms with Crippen LogP contribution >= 0.6 is 0 Å². The molecule has 13 heteroatoms. The number of carbonyl (C=O) groups is 2. The Morgan fingerprint density at radius 3 is 1.11 bits per heavy atom. The summed E-state index contributed by atoms with van der Waals surface area (Å²) in [5.74, 6) is -2.54. The van der Waals surface area contributed by atoms with Gasteiger partial charge in [-0.05, 0) is 70.8 Å². The number of rotatable bonds is 4. The summed E-state index contributed by atoms with van der Waals surface area (Å²) in [5.41, 5.74) is 3.23. The molecule has 0 saturated heterocycles. The summed E-state index contributed by atoms with van der Waals surface area (Å²) in [6, 6.07) is 13.6. The first-order chi connectivity index (χ1) is 14.5. The van der Waals surface area contributed by atoms with E-state index in [4.69, 9.17) is 0 Å². The first-order valence-electron chi connectivity index (χ1n) is 8.70. The monoisotopic (exact) mass is 527 g/mol. The van der Waals surface area contributed by atoms with Crippen molar-refractivity contribution in [1.82, 2.24) is 19.9 Å². The Morgan fingerprint density at radius 2 is 0.829 bits per heavy atom. The van der Waals surface area contributed by atoms with E-state index in [-0.39, 0.29) is 50.4 Å². The molecule has 0 saturated carbocycles. The van der Waals surface area contributed by atoms with Crippen LogP contribution in [-0.4, -0.2) is 42.8 Å². The zero-order chi connectivity index (χ0) is 21.3. The molecule has 4 heterocycles. The number of carboxylic acid groups (broad SMARTS) is 2. The average molecular weight is 527 g/mol. The van der Waals surface area contributed by atoms with E-state index in [1.165, 1.54) is 24.5 Å². The van der Waals surface area contributed by atoms with Crippen LogP contribution in [0.5, 0.6) is 0 Å². The van der Waals surface area contributed by atoms with E-state index in [0.29, 0.717) is 0 Å². The van der Waals surface area contributed by atoms with E-state index in [1.807, 2.05) is 0 Å². The van der Waals surface area contributed by atoms with Gasteiger partial charge in [0.05, 0.1) is 23.3 Å². The van der Waals surface area contributed by atoms with Crippen LogP contribution < -0.4 is 10.2 Å². The van der Waals surface area contributed by atoms with Gasteiger partial charge < -0.3 is 41.7 Å². The molecule has 0 bridgehead atoms. The van der Waals surface area contributed by atoms with Gasteiger partial charge in [0.1, 0.15) is 0 Å². The minimum atomic E-state index is -1.27. The smallest absolute Gasteiger partial charge is 0.543 e. The number of nitrogens with zero attached hydrogens (tertiary/aromatic N) is 4. The van der Waals surface area contributed by atoms with Gasteiger partial charge in [-0.3, -0.25) is 19.9 Å². The maximum absolute atomic E-state index is 10.6. The van der Waals surface area contributed by atoms with Gasteiger partial charge in [-0.2, -0.15) is 0 Å². The van der Waals surface area contributed by atoms with Gasteiger partial charge in [0.2, 0.25) is 0 Å². The molecular formula is C22H24MnN4O8+2. The fourth-order valence-electron chi connectivity index (χ4n) is 2.53. The Morgan fingerprint density at radius 1 is 0.543 bits per heavy atom. The summed E-state index contributed by atoms with van der Waals surface area (Å²) < 4.78 is 0. The number of pyridine rings is 4. The number of hydrogen-bond donors (Lipinski definition) is 0. The van der Waals surface area contributed by atoms with Gasteiger partial charge in [-0.15, -0.1) is 0 Å². The summed E-state index contributed by atoms with van der Waals surface area (Å²) in [5, 5.41) is 21.2. The van der Waals surface area contributed by atoms with E-state index in [2.05, 4.69) is 19.9 Å². The van der Waals surface area contributed by atoms with E-state index >= 15 is 0 Å². The maximum Gasteiger partial charge on any atom is 2.00 e. The summed E-state index contributed by atoms with van der Waals surface area (Å²) in [7, 11) is 0.